The minimum Gasteiger partial charge on any atom is -0.469 e. The minimum atomic E-state index is -4.40. The van der Waals surface area contributed by atoms with Gasteiger partial charge in [0, 0.05) is 25.7 Å². The van der Waals surface area contributed by atoms with Crippen LogP contribution in [0.5, 0.6) is 0 Å². The maximum absolute atomic E-state index is 13.0. The molecule has 132 valence electrons. The molecule has 0 aliphatic rings. The molecule has 0 fully saturated rings. The average molecular weight is 367 g/mol. The van der Waals surface area contributed by atoms with Crippen molar-refractivity contribution in [3.05, 3.63) is 47.5 Å². The molecule has 25 heavy (non-hydrogen) atoms. The summed E-state index contributed by atoms with van der Waals surface area (Å²) in [5, 5.41) is 1.23. The topological polar surface area (TPSA) is 52.3 Å². The second kappa shape index (κ2) is 6.00. The molecule has 0 aliphatic heterocycles. The van der Waals surface area contributed by atoms with E-state index in [9.17, 15) is 18.0 Å². The van der Waals surface area contributed by atoms with Crippen molar-refractivity contribution in [1.29, 1.82) is 0 Å². The molecule has 0 saturated carbocycles. The summed E-state index contributed by atoms with van der Waals surface area (Å²) in [5.74, 6) is -0.445. The van der Waals surface area contributed by atoms with Crippen LogP contribution in [0.3, 0.4) is 0 Å². The summed E-state index contributed by atoms with van der Waals surface area (Å²) < 4.78 is 45.3. The number of carbonyl (C=O) groups is 1. The number of benzene rings is 2. The van der Waals surface area contributed by atoms with E-state index < -0.39 is 23.2 Å². The Balaban J connectivity index is 2.15. The van der Waals surface area contributed by atoms with Crippen molar-refractivity contribution in [3.63, 3.8) is 0 Å². The molecule has 2 N–H and O–H groups in total. The molecule has 0 radical (unpaired) electrons. The van der Waals surface area contributed by atoms with Gasteiger partial charge >= 0.3 is 12.1 Å². The summed E-state index contributed by atoms with van der Waals surface area (Å²) >= 11 is 1.42. The summed E-state index contributed by atoms with van der Waals surface area (Å²) in [4.78, 5) is 11.6. The lowest BCUT2D eigenvalue weighted by molar-refractivity contribution is -0.142. The first-order chi connectivity index (χ1) is 11.6. The van der Waals surface area contributed by atoms with Gasteiger partial charge in [-0.1, -0.05) is 6.07 Å². The summed E-state index contributed by atoms with van der Waals surface area (Å²) in [7, 11) is 1.28. The average Bonchev–Trinajstić information content (AvgIpc) is 2.90. The number of hydrogen-bond donors (Lipinski definition) is 1. The van der Waals surface area contributed by atoms with Crippen LogP contribution in [0.2, 0.25) is 0 Å². The van der Waals surface area contributed by atoms with Crippen molar-refractivity contribution in [1.82, 2.24) is 0 Å². The van der Waals surface area contributed by atoms with E-state index in [2.05, 4.69) is 4.74 Å². The van der Waals surface area contributed by atoms with Crippen LogP contribution in [-0.4, -0.2) is 13.1 Å². The molecule has 3 nitrogen and oxygen atoms in total. The smallest absolute Gasteiger partial charge is 0.416 e. The second-order valence-electron chi connectivity index (χ2n) is 6.19. The highest BCUT2D eigenvalue weighted by Gasteiger charge is 2.31. The zero-order chi connectivity index (χ0) is 18.4. The van der Waals surface area contributed by atoms with Crippen LogP contribution in [0, 0.1) is 0 Å². The molecule has 2 aromatic carbocycles. The summed E-state index contributed by atoms with van der Waals surface area (Å²) in [6, 6.07) is 9.11. The van der Waals surface area contributed by atoms with Gasteiger partial charge in [-0.25, -0.2) is 0 Å². The SMILES string of the molecule is COC(=O)C[C@](C)(N)c1ccc2sc3ccc(C(F)(F)F)cc3c2c1. The molecule has 1 aromatic heterocycles. The third-order valence-corrected chi connectivity index (χ3v) is 5.35. The van der Waals surface area contributed by atoms with Gasteiger partial charge in [0.25, 0.3) is 0 Å². The summed E-state index contributed by atoms with van der Waals surface area (Å²) in [5.41, 5.74) is 5.25. The van der Waals surface area contributed by atoms with Crippen molar-refractivity contribution in [2.24, 2.45) is 5.73 Å². The Labute approximate surface area is 146 Å². The van der Waals surface area contributed by atoms with Crippen LogP contribution in [-0.2, 0) is 21.2 Å². The lowest BCUT2D eigenvalue weighted by atomic mass is 9.89. The molecule has 3 rings (SSSR count). The fourth-order valence-electron chi connectivity index (χ4n) is 2.78. The molecule has 0 bridgehead atoms. The van der Waals surface area contributed by atoms with Gasteiger partial charge in [0.2, 0.25) is 0 Å². The molecule has 0 aliphatic carbocycles. The number of ether oxygens (including phenoxy) is 1. The molecule has 0 spiro atoms. The van der Waals surface area contributed by atoms with Crippen molar-refractivity contribution in [2.75, 3.05) is 7.11 Å². The van der Waals surface area contributed by atoms with Crippen LogP contribution >= 0.6 is 11.3 Å². The highest BCUT2D eigenvalue weighted by atomic mass is 32.1. The first-order valence-corrected chi connectivity index (χ1v) is 8.33. The molecule has 1 atom stereocenters. The second-order valence-corrected chi connectivity index (χ2v) is 7.28. The van der Waals surface area contributed by atoms with Crippen molar-refractivity contribution in [2.45, 2.75) is 25.1 Å². The van der Waals surface area contributed by atoms with Crippen LogP contribution < -0.4 is 5.73 Å². The number of methoxy groups -OCH3 is 1. The number of halogens is 3. The number of fused-ring (bicyclic) bond motifs is 3. The van der Waals surface area contributed by atoms with E-state index in [1.807, 2.05) is 6.07 Å². The normalized spacial score (nSPS) is 14.6. The van der Waals surface area contributed by atoms with Crippen LogP contribution in [0.15, 0.2) is 36.4 Å². The summed E-state index contributed by atoms with van der Waals surface area (Å²) in [6.07, 6.45) is -4.42. The van der Waals surface area contributed by atoms with Gasteiger partial charge in [-0.3, -0.25) is 4.79 Å². The molecule has 7 heteroatoms. The molecule has 0 amide bonds. The predicted octanol–water partition coefficient (Wildman–Crippen LogP) is 4.81. The van der Waals surface area contributed by atoms with E-state index in [1.165, 1.54) is 24.5 Å². The van der Waals surface area contributed by atoms with Crippen molar-refractivity contribution < 1.29 is 22.7 Å². The maximum Gasteiger partial charge on any atom is 0.416 e. The van der Waals surface area contributed by atoms with E-state index in [-0.39, 0.29) is 6.42 Å². The Hall–Kier alpha value is -2.12. The Kier molecular flexibility index (Phi) is 4.25. The first kappa shape index (κ1) is 17.7. The number of thiophene rings is 1. The molecule has 0 saturated heterocycles. The number of hydrogen-bond acceptors (Lipinski definition) is 4. The van der Waals surface area contributed by atoms with E-state index in [1.54, 1.807) is 19.1 Å². The number of esters is 1. The van der Waals surface area contributed by atoms with Gasteiger partial charge in [0.15, 0.2) is 0 Å². The molecular weight excluding hydrogens is 351 g/mol. The zero-order valence-electron chi connectivity index (χ0n) is 13.6. The highest BCUT2D eigenvalue weighted by Crippen LogP contribution is 2.39. The fraction of sp³-hybridized carbons (Fsp3) is 0.278. The first-order valence-electron chi connectivity index (χ1n) is 7.51. The van der Waals surface area contributed by atoms with Gasteiger partial charge in [-0.05, 0) is 42.8 Å². The Bertz CT molecular complexity index is 960. The number of alkyl halides is 3. The lowest BCUT2D eigenvalue weighted by Crippen LogP contribution is -2.35. The van der Waals surface area contributed by atoms with Gasteiger partial charge < -0.3 is 10.5 Å². The maximum atomic E-state index is 13.0. The molecular formula is C18H16F3NO2S. The van der Waals surface area contributed by atoms with E-state index in [0.717, 1.165) is 21.5 Å². The zero-order valence-corrected chi connectivity index (χ0v) is 14.4. The van der Waals surface area contributed by atoms with E-state index in [0.29, 0.717) is 16.3 Å². The monoisotopic (exact) mass is 367 g/mol. The Morgan fingerprint density at radius 3 is 2.12 bits per heavy atom. The standard InChI is InChI=1S/C18H16F3NO2S/c1-17(22,9-16(23)24-2)10-3-5-14-12(7-10)13-8-11(18(19,20)21)4-6-15(13)25-14/h3-8H,9,22H2,1-2H3/t17-/m0/s1. The lowest BCUT2D eigenvalue weighted by Gasteiger charge is -2.24. The van der Waals surface area contributed by atoms with Crippen LogP contribution in [0.4, 0.5) is 13.2 Å². The number of carbonyl (C=O) groups excluding carboxylic acids is 1. The molecule has 0 unspecified atom stereocenters. The number of rotatable bonds is 3. The fourth-order valence-corrected chi connectivity index (χ4v) is 3.85. The van der Waals surface area contributed by atoms with E-state index >= 15 is 0 Å². The summed E-state index contributed by atoms with van der Waals surface area (Å²) in [6.45, 7) is 1.70. The van der Waals surface area contributed by atoms with Crippen molar-refractivity contribution >= 4 is 37.5 Å². The van der Waals surface area contributed by atoms with Gasteiger partial charge in [-0.2, -0.15) is 13.2 Å². The molecule has 1 heterocycles. The third-order valence-electron chi connectivity index (χ3n) is 4.20. The van der Waals surface area contributed by atoms with Crippen molar-refractivity contribution in [3.8, 4) is 0 Å². The number of nitrogens with two attached hydrogens (primary N) is 1. The largest absolute Gasteiger partial charge is 0.469 e. The molecule has 3 aromatic rings. The van der Waals surface area contributed by atoms with Gasteiger partial charge in [0.1, 0.15) is 0 Å². The highest BCUT2D eigenvalue weighted by molar-refractivity contribution is 7.25. The minimum absolute atomic E-state index is 0.0229. The van der Waals surface area contributed by atoms with Crippen LogP contribution in [0.1, 0.15) is 24.5 Å². The third kappa shape index (κ3) is 3.34. The Morgan fingerprint density at radius 2 is 1.60 bits per heavy atom. The van der Waals surface area contributed by atoms with Gasteiger partial charge in [0.05, 0.1) is 19.1 Å². The van der Waals surface area contributed by atoms with E-state index in [4.69, 9.17) is 5.73 Å². The van der Waals surface area contributed by atoms with Crippen LogP contribution in [0.25, 0.3) is 20.2 Å². The Morgan fingerprint density at radius 1 is 1.08 bits per heavy atom. The van der Waals surface area contributed by atoms with Gasteiger partial charge in [-0.15, -0.1) is 11.3 Å². The quantitative estimate of drug-likeness (QED) is 0.676. The predicted molar refractivity (Wildman–Crippen MR) is 92.5 cm³/mol.